The van der Waals surface area contributed by atoms with Gasteiger partial charge < -0.3 is 4.42 Å². The molecule has 0 fully saturated rings. The molecule has 0 radical (unpaired) electrons. The smallest absolute Gasteiger partial charge is 0.261 e. The first-order valence-electron chi connectivity index (χ1n) is 2.48. The Balaban J connectivity index is 3.09. The SMILES string of the molecule is CNS(=O)(=O)c1cocn1. The summed E-state index contributed by atoms with van der Waals surface area (Å²) in [5.74, 6) is 0. The molecule has 0 spiro atoms. The van der Waals surface area contributed by atoms with Gasteiger partial charge in [-0.15, -0.1) is 0 Å². The molecule has 10 heavy (non-hydrogen) atoms. The molecule has 56 valence electrons. The number of hydrogen-bond acceptors (Lipinski definition) is 4. The first-order chi connectivity index (χ1) is 4.67. The van der Waals surface area contributed by atoms with Crippen LogP contribution in [-0.2, 0) is 10.0 Å². The van der Waals surface area contributed by atoms with Gasteiger partial charge in [0.1, 0.15) is 6.26 Å². The minimum absolute atomic E-state index is 0.102. The van der Waals surface area contributed by atoms with Crippen molar-refractivity contribution in [3.05, 3.63) is 12.7 Å². The third-order valence-corrected chi connectivity index (χ3v) is 2.24. The Morgan fingerprint density at radius 2 is 2.40 bits per heavy atom. The van der Waals surface area contributed by atoms with Gasteiger partial charge in [-0.25, -0.2) is 18.1 Å². The molecule has 0 atom stereocenters. The molecule has 1 aromatic heterocycles. The number of nitrogens with one attached hydrogen (secondary N) is 1. The predicted octanol–water partition coefficient (Wildman–Crippen LogP) is -0.417. The summed E-state index contributed by atoms with van der Waals surface area (Å²) < 4.78 is 28.2. The van der Waals surface area contributed by atoms with E-state index in [4.69, 9.17) is 0 Å². The normalized spacial score (nSPS) is 11.7. The maximum absolute atomic E-state index is 10.8. The lowest BCUT2D eigenvalue weighted by molar-refractivity contribution is 0.551. The van der Waals surface area contributed by atoms with Gasteiger partial charge in [-0.2, -0.15) is 0 Å². The summed E-state index contributed by atoms with van der Waals surface area (Å²) >= 11 is 0. The molecule has 0 aromatic carbocycles. The highest BCUT2D eigenvalue weighted by Crippen LogP contribution is 2.01. The molecule has 1 heterocycles. The lowest BCUT2D eigenvalue weighted by Crippen LogP contribution is -2.18. The van der Waals surface area contributed by atoms with Crippen molar-refractivity contribution in [2.45, 2.75) is 5.03 Å². The number of oxazole rings is 1. The molecule has 0 amide bonds. The minimum atomic E-state index is -3.41. The maximum atomic E-state index is 10.8. The standard InChI is InChI=1S/C4H6N2O3S/c1-5-10(7,8)4-2-9-3-6-4/h2-3,5H,1H3. The summed E-state index contributed by atoms with van der Waals surface area (Å²) in [5, 5.41) is -0.102. The summed E-state index contributed by atoms with van der Waals surface area (Å²) in [7, 11) is -2.10. The highest BCUT2D eigenvalue weighted by molar-refractivity contribution is 7.89. The Labute approximate surface area is 58.1 Å². The zero-order chi connectivity index (χ0) is 7.61. The van der Waals surface area contributed by atoms with Gasteiger partial charge >= 0.3 is 0 Å². The average Bonchev–Trinajstić information content (AvgIpc) is 2.38. The van der Waals surface area contributed by atoms with Crippen molar-refractivity contribution in [2.24, 2.45) is 0 Å². The van der Waals surface area contributed by atoms with Crippen molar-refractivity contribution in [3.8, 4) is 0 Å². The number of rotatable bonds is 2. The van der Waals surface area contributed by atoms with Gasteiger partial charge in [-0.05, 0) is 7.05 Å². The van der Waals surface area contributed by atoms with Crippen LogP contribution in [-0.4, -0.2) is 20.4 Å². The monoisotopic (exact) mass is 162 g/mol. The average molecular weight is 162 g/mol. The molecule has 6 heteroatoms. The van der Waals surface area contributed by atoms with Gasteiger partial charge in [-0.3, -0.25) is 0 Å². The van der Waals surface area contributed by atoms with Crippen molar-refractivity contribution in [3.63, 3.8) is 0 Å². The van der Waals surface area contributed by atoms with E-state index in [1.807, 2.05) is 0 Å². The van der Waals surface area contributed by atoms with Crippen LogP contribution < -0.4 is 4.72 Å². The van der Waals surface area contributed by atoms with Gasteiger partial charge in [0.05, 0.1) is 0 Å². The first-order valence-corrected chi connectivity index (χ1v) is 3.97. The summed E-state index contributed by atoms with van der Waals surface area (Å²) in [4.78, 5) is 3.44. The fourth-order valence-corrected chi connectivity index (χ4v) is 1.01. The van der Waals surface area contributed by atoms with E-state index in [0.717, 1.165) is 12.7 Å². The highest BCUT2D eigenvalue weighted by Gasteiger charge is 2.13. The molecule has 1 aromatic rings. The highest BCUT2D eigenvalue weighted by atomic mass is 32.2. The van der Waals surface area contributed by atoms with E-state index in [1.54, 1.807) is 0 Å². The molecular weight excluding hydrogens is 156 g/mol. The Morgan fingerprint density at radius 3 is 2.80 bits per heavy atom. The Hall–Kier alpha value is -0.880. The van der Waals surface area contributed by atoms with E-state index in [-0.39, 0.29) is 5.03 Å². The lowest BCUT2D eigenvalue weighted by atomic mass is 11.0. The molecule has 1 rings (SSSR count). The molecule has 0 unspecified atom stereocenters. The summed E-state index contributed by atoms with van der Waals surface area (Å²) in [6.07, 6.45) is 2.12. The number of hydrogen-bond donors (Lipinski definition) is 1. The van der Waals surface area contributed by atoms with E-state index in [1.165, 1.54) is 7.05 Å². The van der Waals surface area contributed by atoms with E-state index in [0.29, 0.717) is 0 Å². The quantitative estimate of drug-likeness (QED) is 0.641. The van der Waals surface area contributed by atoms with Gasteiger partial charge in [0.15, 0.2) is 6.39 Å². The fourth-order valence-electron chi connectivity index (χ4n) is 0.439. The van der Waals surface area contributed by atoms with Crippen LogP contribution >= 0.6 is 0 Å². The second kappa shape index (κ2) is 2.39. The summed E-state index contributed by atoms with van der Waals surface area (Å²) in [5.41, 5.74) is 0. The molecule has 0 bridgehead atoms. The summed E-state index contributed by atoms with van der Waals surface area (Å²) in [6, 6.07) is 0. The molecule has 1 N–H and O–H groups in total. The Bertz CT molecular complexity index is 288. The fraction of sp³-hybridized carbons (Fsp3) is 0.250. The molecule has 0 aliphatic carbocycles. The minimum Gasteiger partial charge on any atom is -0.450 e. The third kappa shape index (κ3) is 1.17. The van der Waals surface area contributed by atoms with Crippen molar-refractivity contribution in [2.75, 3.05) is 7.05 Å². The van der Waals surface area contributed by atoms with Crippen molar-refractivity contribution >= 4 is 10.0 Å². The second-order valence-corrected chi connectivity index (χ2v) is 3.37. The maximum Gasteiger partial charge on any atom is 0.261 e. The van der Waals surface area contributed by atoms with Crippen LogP contribution in [0.25, 0.3) is 0 Å². The van der Waals surface area contributed by atoms with E-state index >= 15 is 0 Å². The van der Waals surface area contributed by atoms with Gasteiger partial charge in [-0.1, -0.05) is 0 Å². The molecule has 5 nitrogen and oxygen atoms in total. The molecular formula is C4H6N2O3S. The molecule has 0 saturated heterocycles. The van der Waals surface area contributed by atoms with Crippen LogP contribution in [0.5, 0.6) is 0 Å². The number of nitrogens with zero attached hydrogens (tertiary/aromatic N) is 1. The van der Waals surface area contributed by atoms with Gasteiger partial charge in [0.2, 0.25) is 5.03 Å². The predicted molar refractivity (Wildman–Crippen MR) is 32.7 cm³/mol. The van der Waals surface area contributed by atoms with Crippen LogP contribution in [0.2, 0.25) is 0 Å². The van der Waals surface area contributed by atoms with E-state index < -0.39 is 10.0 Å². The van der Waals surface area contributed by atoms with E-state index in [2.05, 4.69) is 14.1 Å². The topological polar surface area (TPSA) is 72.2 Å². The van der Waals surface area contributed by atoms with Crippen LogP contribution in [0, 0.1) is 0 Å². The van der Waals surface area contributed by atoms with Gasteiger partial charge in [0.25, 0.3) is 10.0 Å². The van der Waals surface area contributed by atoms with Crippen molar-refractivity contribution in [1.29, 1.82) is 0 Å². The lowest BCUT2D eigenvalue weighted by Gasteiger charge is -1.92. The zero-order valence-electron chi connectivity index (χ0n) is 5.23. The second-order valence-electron chi connectivity index (χ2n) is 1.53. The number of aromatic nitrogens is 1. The Morgan fingerprint density at radius 1 is 1.70 bits per heavy atom. The third-order valence-electron chi connectivity index (χ3n) is 0.954. The first kappa shape index (κ1) is 7.23. The number of sulfonamides is 1. The van der Waals surface area contributed by atoms with E-state index in [9.17, 15) is 8.42 Å². The van der Waals surface area contributed by atoms with Crippen LogP contribution in [0.15, 0.2) is 22.1 Å². The van der Waals surface area contributed by atoms with Crippen molar-refractivity contribution in [1.82, 2.24) is 9.71 Å². The van der Waals surface area contributed by atoms with Gasteiger partial charge in [0, 0.05) is 0 Å². The van der Waals surface area contributed by atoms with Crippen LogP contribution in [0.1, 0.15) is 0 Å². The molecule has 0 aliphatic heterocycles. The zero-order valence-corrected chi connectivity index (χ0v) is 6.05. The summed E-state index contributed by atoms with van der Waals surface area (Å²) in [6.45, 7) is 0. The molecule has 0 aliphatic rings. The Kier molecular flexibility index (Phi) is 1.73. The molecule has 0 saturated carbocycles. The van der Waals surface area contributed by atoms with Crippen molar-refractivity contribution < 1.29 is 12.8 Å². The van der Waals surface area contributed by atoms with Crippen LogP contribution in [0.3, 0.4) is 0 Å². The largest absolute Gasteiger partial charge is 0.450 e. The van der Waals surface area contributed by atoms with Crippen LogP contribution in [0.4, 0.5) is 0 Å².